The first-order valence-corrected chi connectivity index (χ1v) is 8.73. The summed E-state index contributed by atoms with van der Waals surface area (Å²) in [5, 5.41) is 7.76. The SMILES string of the molecule is CN=C(NCCOc1ccc(C)cc1)NCc1ccnc2ccccc12.I. The molecule has 0 radical (unpaired) electrons. The van der Waals surface area contributed by atoms with Crippen LogP contribution >= 0.6 is 24.0 Å². The topological polar surface area (TPSA) is 58.5 Å². The zero-order chi connectivity index (χ0) is 18.2. The Morgan fingerprint density at radius 1 is 1.04 bits per heavy atom. The quantitative estimate of drug-likeness (QED) is 0.245. The standard InChI is InChI=1S/C21H24N4O.HI/c1-16-7-9-18(10-8-16)26-14-13-24-21(22-2)25-15-17-11-12-23-20-6-4-3-5-19(17)20;/h3-12H,13-15H2,1-2H3,(H2,22,24,25);1H. The number of aryl methyl sites for hydroxylation is 1. The molecule has 2 aromatic carbocycles. The van der Waals surface area contributed by atoms with Gasteiger partial charge in [-0.2, -0.15) is 0 Å². The lowest BCUT2D eigenvalue weighted by Crippen LogP contribution is -2.38. The number of nitrogens with one attached hydrogen (secondary N) is 2. The Kier molecular flexibility index (Phi) is 8.32. The van der Waals surface area contributed by atoms with Crippen molar-refractivity contribution in [3.05, 3.63) is 71.9 Å². The fourth-order valence-corrected chi connectivity index (χ4v) is 2.68. The minimum atomic E-state index is 0. The molecule has 0 atom stereocenters. The molecule has 142 valence electrons. The Morgan fingerprint density at radius 3 is 2.59 bits per heavy atom. The summed E-state index contributed by atoms with van der Waals surface area (Å²) in [6.07, 6.45) is 1.84. The number of halogens is 1. The van der Waals surface area contributed by atoms with Gasteiger partial charge in [0.25, 0.3) is 0 Å². The summed E-state index contributed by atoms with van der Waals surface area (Å²) >= 11 is 0. The maximum absolute atomic E-state index is 5.72. The molecular formula is C21H25IN4O. The average molecular weight is 476 g/mol. The maximum Gasteiger partial charge on any atom is 0.191 e. The van der Waals surface area contributed by atoms with E-state index in [4.69, 9.17) is 4.74 Å². The van der Waals surface area contributed by atoms with Crippen LogP contribution in [0.5, 0.6) is 5.75 Å². The van der Waals surface area contributed by atoms with Crippen LogP contribution in [0.15, 0.2) is 65.8 Å². The molecule has 0 aliphatic carbocycles. The Hall–Kier alpha value is -2.35. The van der Waals surface area contributed by atoms with E-state index in [1.807, 2.05) is 54.7 Å². The number of para-hydroxylation sites is 1. The minimum absolute atomic E-state index is 0. The van der Waals surface area contributed by atoms with E-state index in [1.54, 1.807) is 7.05 Å². The molecule has 6 heteroatoms. The van der Waals surface area contributed by atoms with Gasteiger partial charge in [0.2, 0.25) is 0 Å². The second-order valence-electron chi connectivity index (χ2n) is 6.00. The maximum atomic E-state index is 5.72. The summed E-state index contributed by atoms with van der Waals surface area (Å²) in [5.74, 6) is 1.63. The fourth-order valence-electron chi connectivity index (χ4n) is 2.68. The fraction of sp³-hybridized carbons (Fsp3) is 0.238. The van der Waals surface area contributed by atoms with E-state index in [2.05, 4.69) is 33.6 Å². The van der Waals surface area contributed by atoms with Crippen molar-refractivity contribution in [2.24, 2.45) is 4.99 Å². The molecule has 0 saturated carbocycles. The van der Waals surface area contributed by atoms with E-state index >= 15 is 0 Å². The van der Waals surface area contributed by atoms with Gasteiger partial charge in [-0.25, -0.2) is 0 Å². The lowest BCUT2D eigenvalue weighted by molar-refractivity contribution is 0.322. The van der Waals surface area contributed by atoms with Crippen LogP contribution in [0.3, 0.4) is 0 Å². The molecule has 27 heavy (non-hydrogen) atoms. The number of rotatable bonds is 6. The Morgan fingerprint density at radius 2 is 1.81 bits per heavy atom. The molecule has 0 bridgehead atoms. The summed E-state index contributed by atoms with van der Waals surface area (Å²) < 4.78 is 5.72. The molecule has 0 amide bonds. The van der Waals surface area contributed by atoms with E-state index in [0.717, 1.165) is 22.6 Å². The summed E-state index contributed by atoms with van der Waals surface area (Å²) in [7, 11) is 1.76. The monoisotopic (exact) mass is 476 g/mol. The second-order valence-corrected chi connectivity index (χ2v) is 6.00. The summed E-state index contributed by atoms with van der Waals surface area (Å²) in [5.41, 5.74) is 3.42. The molecule has 0 saturated heterocycles. The van der Waals surface area contributed by atoms with Gasteiger partial charge in [-0.3, -0.25) is 9.98 Å². The van der Waals surface area contributed by atoms with Gasteiger partial charge in [-0.05, 0) is 36.8 Å². The van der Waals surface area contributed by atoms with Crippen molar-refractivity contribution in [2.45, 2.75) is 13.5 Å². The predicted molar refractivity (Wildman–Crippen MR) is 122 cm³/mol. The molecule has 0 unspecified atom stereocenters. The lowest BCUT2D eigenvalue weighted by atomic mass is 10.1. The van der Waals surface area contributed by atoms with Crippen molar-refractivity contribution >= 4 is 40.8 Å². The van der Waals surface area contributed by atoms with Crippen molar-refractivity contribution in [3.63, 3.8) is 0 Å². The summed E-state index contributed by atoms with van der Waals surface area (Å²) in [4.78, 5) is 8.66. The Balaban J connectivity index is 0.00000261. The van der Waals surface area contributed by atoms with Gasteiger partial charge in [-0.1, -0.05) is 35.9 Å². The number of ether oxygens (including phenoxy) is 1. The average Bonchev–Trinajstić information content (AvgIpc) is 2.69. The van der Waals surface area contributed by atoms with Gasteiger partial charge in [0.1, 0.15) is 12.4 Å². The highest BCUT2D eigenvalue weighted by atomic mass is 127. The predicted octanol–water partition coefficient (Wildman–Crippen LogP) is 3.91. The highest BCUT2D eigenvalue weighted by molar-refractivity contribution is 14.0. The van der Waals surface area contributed by atoms with Crippen molar-refractivity contribution in [3.8, 4) is 5.75 Å². The van der Waals surface area contributed by atoms with Gasteiger partial charge >= 0.3 is 0 Å². The zero-order valence-electron chi connectivity index (χ0n) is 15.6. The number of hydrogen-bond donors (Lipinski definition) is 2. The number of fused-ring (bicyclic) bond motifs is 1. The van der Waals surface area contributed by atoms with Crippen molar-refractivity contribution in [1.82, 2.24) is 15.6 Å². The van der Waals surface area contributed by atoms with Crippen LogP contribution in [-0.4, -0.2) is 31.1 Å². The van der Waals surface area contributed by atoms with E-state index in [9.17, 15) is 0 Å². The van der Waals surface area contributed by atoms with Crippen LogP contribution in [0.25, 0.3) is 10.9 Å². The Labute approximate surface area is 177 Å². The van der Waals surface area contributed by atoms with Crippen molar-refractivity contribution in [2.75, 3.05) is 20.2 Å². The van der Waals surface area contributed by atoms with Crippen LogP contribution in [-0.2, 0) is 6.54 Å². The first kappa shape index (κ1) is 21.0. The summed E-state index contributed by atoms with van der Waals surface area (Å²) in [6, 6.07) is 18.2. The largest absolute Gasteiger partial charge is 0.492 e. The number of nitrogens with zero attached hydrogens (tertiary/aromatic N) is 2. The molecule has 0 fully saturated rings. The third-order valence-electron chi connectivity index (χ3n) is 4.09. The normalized spacial score (nSPS) is 11.0. The highest BCUT2D eigenvalue weighted by Crippen LogP contribution is 2.15. The first-order chi connectivity index (χ1) is 12.8. The Bertz CT molecular complexity index is 875. The van der Waals surface area contributed by atoms with Crippen molar-refractivity contribution in [1.29, 1.82) is 0 Å². The van der Waals surface area contributed by atoms with Crippen LogP contribution in [0.1, 0.15) is 11.1 Å². The second kappa shape index (κ2) is 10.7. The number of aliphatic imine (C=N–C) groups is 1. The van der Waals surface area contributed by atoms with Gasteiger partial charge < -0.3 is 15.4 Å². The zero-order valence-corrected chi connectivity index (χ0v) is 17.9. The molecule has 0 aliphatic rings. The van der Waals surface area contributed by atoms with E-state index < -0.39 is 0 Å². The lowest BCUT2D eigenvalue weighted by Gasteiger charge is -2.13. The van der Waals surface area contributed by atoms with Gasteiger partial charge in [0, 0.05) is 25.2 Å². The van der Waals surface area contributed by atoms with E-state index in [1.165, 1.54) is 11.1 Å². The molecule has 0 aliphatic heterocycles. The molecular weight excluding hydrogens is 451 g/mol. The van der Waals surface area contributed by atoms with Crippen LogP contribution in [0, 0.1) is 6.92 Å². The van der Waals surface area contributed by atoms with Crippen molar-refractivity contribution < 1.29 is 4.74 Å². The van der Waals surface area contributed by atoms with Gasteiger partial charge in [0.15, 0.2) is 5.96 Å². The number of hydrogen-bond acceptors (Lipinski definition) is 3. The molecule has 3 aromatic rings. The smallest absolute Gasteiger partial charge is 0.191 e. The van der Waals surface area contributed by atoms with Crippen LogP contribution in [0.2, 0.25) is 0 Å². The molecule has 1 aromatic heterocycles. The van der Waals surface area contributed by atoms with Gasteiger partial charge in [0.05, 0.1) is 12.1 Å². The van der Waals surface area contributed by atoms with Gasteiger partial charge in [-0.15, -0.1) is 24.0 Å². The number of aromatic nitrogens is 1. The number of pyridine rings is 1. The van der Waals surface area contributed by atoms with E-state index in [0.29, 0.717) is 19.7 Å². The van der Waals surface area contributed by atoms with Crippen LogP contribution < -0.4 is 15.4 Å². The summed E-state index contributed by atoms with van der Waals surface area (Å²) in [6.45, 7) is 3.99. The molecule has 2 N–H and O–H groups in total. The number of guanidine groups is 1. The van der Waals surface area contributed by atoms with E-state index in [-0.39, 0.29) is 24.0 Å². The molecule has 0 spiro atoms. The minimum Gasteiger partial charge on any atom is -0.492 e. The van der Waals surface area contributed by atoms with Crippen LogP contribution in [0.4, 0.5) is 0 Å². The third-order valence-corrected chi connectivity index (χ3v) is 4.09. The molecule has 1 heterocycles. The number of benzene rings is 2. The molecule has 3 rings (SSSR count). The first-order valence-electron chi connectivity index (χ1n) is 8.73. The highest BCUT2D eigenvalue weighted by Gasteiger charge is 2.03. The molecule has 5 nitrogen and oxygen atoms in total. The third kappa shape index (κ3) is 6.09.